The second-order valence-corrected chi connectivity index (χ2v) is 15.6. The van der Waals surface area contributed by atoms with Gasteiger partial charge in [-0.2, -0.15) is 9.97 Å². The second-order valence-electron chi connectivity index (χ2n) is 15.6. The molecule has 0 spiro atoms. The van der Waals surface area contributed by atoms with Crippen LogP contribution in [0.15, 0.2) is 224 Å². The molecule has 0 saturated carbocycles. The van der Waals surface area contributed by atoms with E-state index >= 15 is 0 Å². The zero-order chi connectivity index (χ0) is 41.0. The smallest absolute Gasteiger partial charge is 0.238 e. The molecule has 0 aliphatic rings. The van der Waals surface area contributed by atoms with Gasteiger partial charge >= 0.3 is 0 Å². The highest BCUT2D eigenvalue weighted by molar-refractivity contribution is 6.28. The van der Waals surface area contributed by atoms with E-state index in [4.69, 9.17) is 15.0 Å². The number of nitrogens with zero attached hydrogens (tertiary/aromatic N) is 5. The van der Waals surface area contributed by atoms with Crippen LogP contribution in [0, 0.1) is 0 Å². The Morgan fingerprint density at radius 1 is 0.290 bits per heavy atom. The number of benzene rings is 9. The van der Waals surface area contributed by atoms with Crippen molar-refractivity contribution in [3.63, 3.8) is 0 Å². The average Bonchev–Trinajstić information content (AvgIpc) is 3.88. The molecule has 0 atom stereocenters. The van der Waals surface area contributed by atoms with Crippen LogP contribution in [-0.2, 0) is 0 Å². The van der Waals surface area contributed by atoms with Crippen molar-refractivity contribution in [2.24, 2.45) is 0 Å². The van der Waals surface area contributed by atoms with Gasteiger partial charge in [0, 0.05) is 38.2 Å². The summed E-state index contributed by atoms with van der Waals surface area (Å²) in [7, 11) is 0. The third-order valence-corrected chi connectivity index (χ3v) is 12.0. The van der Waals surface area contributed by atoms with Gasteiger partial charge in [0.2, 0.25) is 5.95 Å². The summed E-state index contributed by atoms with van der Waals surface area (Å²) in [6.07, 6.45) is 0. The molecule has 0 aliphatic carbocycles. The van der Waals surface area contributed by atoms with E-state index in [0.717, 1.165) is 88.4 Å². The molecule has 0 N–H and O–H groups in total. The SMILES string of the molecule is c1ccc(-c2cccc(-c3nc(-c4ccccc4)nc(-n4c5ccccc5c5c(-c6ccccc6)cc6c7ccccc7n(-c7ccccc7-c7ccccc7)c6c54)n3)c2)cc1. The van der Waals surface area contributed by atoms with Gasteiger partial charge in [0.05, 0.1) is 27.8 Å². The van der Waals surface area contributed by atoms with E-state index < -0.39 is 0 Å². The number of fused-ring (bicyclic) bond motifs is 7. The number of para-hydroxylation sites is 3. The summed E-state index contributed by atoms with van der Waals surface area (Å²) in [6.45, 7) is 0. The molecule has 0 fully saturated rings. The van der Waals surface area contributed by atoms with Gasteiger partial charge in [0.25, 0.3) is 0 Å². The highest BCUT2D eigenvalue weighted by Gasteiger charge is 2.27. The Balaban J connectivity index is 1.26. The summed E-state index contributed by atoms with van der Waals surface area (Å²) in [5.41, 5.74) is 14.0. The monoisotopic (exact) mass is 791 g/mol. The van der Waals surface area contributed by atoms with E-state index in [9.17, 15) is 0 Å². The lowest BCUT2D eigenvalue weighted by Gasteiger charge is -2.17. The van der Waals surface area contributed by atoms with Crippen molar-refractivity contribution in [1.29, 1.82) is 0 Å². The first-order valence-corrected chi connectivity index (χ1v) is 21.0. The van der Waals surface area contributed by atoms with Crippen LogP contribution in [0.1, 0.15) is 0 Å². The lowest BCUT2D eigenvalue weighted by atomic mass is 9.96. The molecule has 12 aromatic rings. The van der Waals surface area contributed by atoms with E-state index in [1.807, 2.05) is 24.3 Å². The van der Waals surface area contributed by atoms with Crippen LogP contribution in [0.3, 0.4) is 0 Å². The highest BCUT2D eigenvalue weighted by atomic mass is 15.2. The predicted octanol–water partition coefficient (Wildman–Crippen LogP) is 14.4. The van der Waals surface area contributed by atoms with Gasteiger partial charge in [0.15, 0.2) is 11.6 Å². The normalized spacial score (nSPS) is 11.5. The fourth-order valence-electron chi connectivity index (χ4n) is 9.21. The summed E-state index contributed by atoms with van der Waals surface area (Å²) in [5.74, 6) is 1.75. The maximum atomic E-state index is 5.47. The Morgan fingerprint density at radius 2 is 0.790 bits per heavy atom. The zero-order valence-corrected chi connectivity index (χ0v) is 33.6. The van der Waals surface area contributed by atoms with E-state index in [1.54, 1.807) is 0 Å². The fraction of sp³-hybridized carbons (Fsp3) is 0. The van der Waals surface area contributed by atoms with Crippen molar-refractivity contribution in [3.8, 4) is 67.8 Å². The lowest BCUT2D eigenvalue weighted by Crippen LogP contribution is -2.07. The zero-order valence-electron chi connectivity index (χ0n) is 33.6. The van der Waals surface area contributed by atoms with Crippen molar-refractivity contribution in [2.45, 2.75) is 0 Å². The van der Waals surface area contributed by atoms with Crippen LogP contribution in [0.4, 0.5) is 0 Å². The lowest BCUT2D eigenvalue weighted by molar-refractivity contribution is 0.953. The Kier molecular flexibility index (Phi) is 8.42. The maximum absolute atomic E-state index is 5.47. The standard InChI is InChI=1S/C57H37N5/c1-5-20-38(21-6-1)42-28-19-29-43(36-42)56-58-55(41-26-11-4-12-27-41)59-57(60-56)62-51-35-18-15-32-46(51)52-47(40-24-9-3-10-25-40)37-48-45-31-14-17-34-50(45)61(53(48)54(52)62)49-33-16-13-30-44(49)39-22-7-2-8-23-39/h1-37H. The molecule has 0 aliphatic heterocycles. The minimum absolute atomic E-state index is 0.546. The first kappa shape index (κ1) is 35.5. The van der Waals surface area contributed by atoms with Crippen LogP contribution < -0.4 is 0 Å². The van der Waals surface area contributed by atoms with Crippen LogP contribution in [-0.4, -0.2) is 24.1 Å². The van der Waals surface area contributed by atoms with E-state index in [0.29, 0.717) is 17.6 Å². The quantitative estimate of drug-likeness (QED) is 0.162. The maximum Gasteiger partial charge on any atom is 0.238 e. The van der Waals surface area contributed by atoms with Crippen LogP contribution in [0.5, 0.6) is 0 Å². The molecule has 3 aromatic heterocycles. The van der Waals surface area contributed by atoms with Crippen molar-refractivity contribution in [2.75, 3.05) is 0 Å². The molecule has 12 rings (SSSR count). The van der Waals surface area contributed by atoms with Gasteiger partial charge in [0.1, 0.15) is 0 Å². The van der Waals surface area contributed by atoms with Crippen molar-refractivity contribution < 1.29 is 0 Å². The number of hydrogen-bond donors (Lipinski definition) is 0. The summed E-state index contributed by atoms with van der Waals surface area (Å²) in [5, 5.41) is 4.56. The van der Waals surface area contributed by atoms with Gasteiger partial charge in [-0.25, -0.2) is 4.98 Å². The first-order chi connectivity index (χ1) is 30.8. The van der Waals surface area contributed by atoms with Gasteiger partial charge in [-0.05, 0) is 58.1 Å². The molecule has 9 aromatic carbocycles. The fourth-order valence-corrected chi connectivity index (χ4v) is 9.21. The second kappa shape index (κ2) is 14.7. The van der Waals surface area contributed by atoms with Crippen LogP contribution >= 0.6 is 0 Å². The molecule has 5 nitrogen and oxygen atoms in total. The number of hydrogen-bond acceptors (Lipinski definition) is 3. The minimum atomic E-state index is 0.546. The molecule has 0 unspecified atom stereocenters. The van der Waals surface area contributed by atoms with E-state index in [-0.39, 0.29) is 0 Å². The molecule has 3 heterocycles. The molecule has 0 saturated heterocycles. The molecule has 0 bridgehead atoms. The Morgan fingerprint density at radius 3 is 1.48 bits per heavy atom. The molecule has 5 heteroatoms. The van der Waals surface area contributed by atoms with Crippen molar-refractivity contribution in [3.05, 3.63) is 224 Å². The van der Waals surface area contributed by atoms with Crippen LogP contribution in [0.2, 0.25) is 0 Å². The summed E-state index contributed by atoms with van der Waals surface area (Å²) >= 11 is 0. The highest BCUT2D eigenvalue weighted by Crippen LogP contribution is 2.47. The molecule has 62 heavy (non-hydrogen) atoms. The molecular weight excluding hydrogens is 755 g/mol. The number of aromatic nitrogens is 5. The van der Waals surface area contributed by atoms with Gasteiger partial charge in [-0.3, -0.25) is 4.57 Å². The molecule has 0 amide bonds. The first-order valence-electron chi connectivity index (χ1n) is 21.0. The van der Waals surface area contributed by atoms with Gasteiger partial charge in [-0.15, -0.1) is 0 Å². The topological polar surface area (TPSA) is 48.5 Å². The molecular formula is C57H37N5. The molecule has 0 radical (unpaired) electrons. The average molecular weight is 792 g/mol. The van der Waals surface area contributed by atoms with E-state index in [2.05, 4.69) is 209 Å². The van der Waals surface area contributed by atoms with Gasteiger partial charge in [-0.1, -0.05) is 194 Å². The van der Waals surface area contributed by atoms with Crippen LogP contribution in [0.25, 0.3) is 111 Å². The van der Waals surface area contributed by atoms with Crippen molar-refractivity contribution >= 4 is 43.6 Å². The summed E-state index contributed by atoms with van der Waals surface area (Å²) in [6, 6.07) is 79.2. The summed E-state index contributed by atoms with van der Waals surface area (Å²) in [4.78, 5) is 16.1. The molecule has 290 valence electrons. The Hall–Kier alpha value is -8.41. The van der Waals surface area contributed by atoms with E-state index in [1.165, 1.54) is 5.39 Å². The Bertz CT molecular complexity index is 3610. The number of rotatable bonds is 7. The van der Waals surface area contributed by atoms with Crippen molar-refractivity contribution in [1.82, 2.24) is 24.1 Å². The third kappa shape index (κ3) is 5.82. The Labute approximate surface area is 358 Å². The minimum Gasteiger partial charge on any atom is -0.307 e. The third-order valence-electron chi connectivity index (χ3n) is 12.0. The van der Waals surface area contributed by atoms with Gasteiger partial charge < -0.3 is 4.57 Å². The largest absolute Gasteiger partial charge is 0.307 e. The summed E-state index contributed by atoms with van der Waals surface area (Å²) < 4.78 is 4.75. The predicted molar refractivity (Wildman–Crippen MR) is 256 cm³/mol.